The van der Waals surface area contributed by atoms with Crippen LogP contribution in [0.1, 0.15) is 5.56 Å². The number of aromatic nitrogens is 3. The molecule has 5 heteroatoms. The normalized spacial score (nSPS) is 10.9. The topological polar surface area (TPSA) is 34.0 Å². The summed E-state index contributed by atoms with van der Waals surface area (Å²) in [7, 11) is 4.05. The molecule has 4 nitrogen and oxygen atoms in total. The molecule has 2 heterocycles. The number of hydrogen-bond acceptors (Lipinski definition) is 3. The van der Waals surface area contributed by atoms with Crippen LogP contribution in [0.2, 0.25) is 0 Å². The highest BCUT2D eigenvalue weighted by Gasteiger charge is 2.06. The van der Waals surface area contributed by atoms with Crippen LogP contribution in [0.3, 0.4) is 0 Å². The van der Waals surface area contributed by atoms with Gasteiger partial charge in [0.25, 0.3) is 0 Å². The van der Waals surface area contributed by atoms with Crippen LogP contribution in [0.25, 0.3) is 11.0 Å². The maximum absolute atomic E-state index is 4.40. The minimum atomic E-state index is 0.807. The predicted molar refractivity (Wildman–Crippen MR) is 84.8 cm³/mol. The monoisotopic (exact) mass is 330 g/mol. The van der Waals surface area contributed by atoms with E-state index in [1.54, 1.807) is 0 Å². The Morgan fingerprint density at radius 1 is 1.20 bits per heavy atom. The van der Waals surface area contributed by atoms with Gasteiger partial charge in [-0.25, -0.2) is 9.97 Å². The first-order chi connectivity index (χ1) is 9.63. The highest BCUT2D eigenvalue weighted by molar-refractivity contribution is 9.10. The van der Waals surface area contributed by atoms with Gasteiger partial charge in [-0.1, -0.05) is 6.07 Å². The summed E-state index contributed by atoms with van der Waals surface area (Å²) in [6.07, 6.45) is 3.65. The summed E-state index contributed by atoms with van der Waals surface area (Å²) in [6, 6.07) is 10.4. The Balaban J connectivity index is 1.83. The maximum Gasteiger partial charge on any atom is 0.128 e. The van der Waals surface area contributed by atoms with Crippen LogP contribution < -0.4 is 4.90 Å². The lowest BCUT2D eigenvalue weighted by atomic mass is 10.2. The van der Waals surface area contributed by atoms with Crippen molar-refractivity contribution in [3.05, 3.63) is 52.9 Å². The van der Waals surface area contributed by atoms with Crippen LogP contribution in [0.4, 0.5) is 5.82 Å². The van der Waals surface area contributed by atoms with Gasteiger partial charge in [-0.05, 0) is 45.8 Å². The van der Waals surface area contributed by atoms with Crippen LogP contribution in [-0.2, 0) is 13.6 Å². The fourth-order valence-electron chi connectivity index (χ4n) is 2.23. The molecular weight excluding hydrogens is 316 g/mol. The minimum Gasteiger partial charge on any atom is -0.355 e. The molecule has 0 aliphatic rings. The quantitative estimate of drug-likeness (QED) is 0.738. The molecule has 0 aliphatic carbocycles. The number of hydrogen-bond donors (Lipinski definition) is 0. The molecule has 0 unspecified atom stereocenters. The van der Waals surface area contributed by atoms with Crippen molar-refractivity contribution >= 4 is 32.8 Å². The van der Waals surface area contributed by atoms with Gasteiger partial charge in [-0.15, -0.1) is 0 Å². The second kappa shape index (κ2) is 5.25. The molecule has 0 N–H and O–H groups in total. The second-order valence-corrected chi connectivity index (χ2v) is 5.78. The van der Waals surface area contributed by atoms with E-state index >= 15 is 0 Å². The zero-order valence-corrected chi connectivity index (χ0v) is 13.0. The molecule has 0 amide bonds. The number of halogens is 1. The summed E-state index contributed by atoms with van der Waals surface area (Å²) in [5.74, 6) is 0.953. The molecular formula is C15H15BrN4. The van der Waals surface area contributed by atoms with E-state index in [1.807, 2.05) is 43.3 Å². The highest BCUT2D eigenvalue weighted by Crippen LogP contribution is 2.18. The fraction of sp³-hybridized carbons (Fsp3) is 0.200. The smallest absolute Gasteiger partial charge is 0.128 e. The van der Waals surface area contributed by atoms with Crippen molar-refractivity contribution in [1.82, 2.24) is 14.5 Å². The van der Waals surface area contributed by atoms with Crippen LogP contribution in [0.15, 0.2) is 47.3 Å². The van der Waals surface area contributed by atoms with Gasteiger partial charge < -0.3 is 9.47 Å². The Morgan fingerprint density at radius 3 is 2.80 bits per heavy atom. The van der Waals surface area contributed by atoms with E-state index in [-0.39, 0.29) is 0 Å². The summed E-state index contributed by atoms with van der Waals surface area (Å²) in [5, 5.41) is 0. The van der Waals surface area contributed by atoms with E-state index in [1.165, 1.54) is 5.56 Å². The summed E-state index contributed by atoms with van der Waals surface area (Å²) >= 11 is 3.40. The molecule has 0 aliphatic heterocycles. The Kier molecular flexibility index (Phi) is 3.44. The standard InChI is InChI=1S/C15H15BrN4/c1-19(15-6-4-12(16)8-17-15)9-11-3-5-14-13(7-11)18-10-20(14)2/h3-8,10H,9H2,1-2H3. The van der Waals surface area contributed by atoms with E-state index in [0.29, 0.717) is 0 Å². The van der Waals surface area contributed by atoms with Gasteiger partial charge in [0.05, 0.1) is 17.4 Å². The number of pyridine rings is 1. The number of benzene rings is 1. The van der Waals surface area contributed by atoms with Gasteiger partial charge in [0.2, 0.25) is 0 Å². The van der Waals surface area contributed by atoms with Crippen molar-refractivity contribution in [1.29, 1.82) is 0 Å². The average Bonchev–Trinajstić information content (AvgIpc) is 2.81. The molecule has 20 heavy (non-hydrogen) atoms. The first-order valence-electron chi connectivity index (χ1n) is 6.36. The SMILES string of the molecule is CN(Cc1ccc2c(c1)ncn2C)c1ccc(Br)cn1. The summed E-state index contributed by atoms with van der Waals surface area (Å²) in [6.45, 7) is 0.807. The molecule has 3 aromatic rings. The number of aryl methyl sites for hydroxylation is 1. The lowest BCUT2D eigenvalue weighted by Crippen LogP contribution is -2.17. The molecule has 1 aromatic carbocycles. The Bertz CT molecular complexity index is 733. The largest absolute Gasteiger partial charge is 0.355 e. The molecule has 3 rings (SSSR count). The van der Waals surface area contributed by atoms with Crippen molar-refractivity contribution in [3.63, 3.8) is 0 Å². The third-order valence-electron chi connectivity index (χ3n) is 3.31. The zero-order chi connectivity index (χ0) is 14.1. The number of nitrogens with zero attached hydrogens (tertiary/aromatic N) is 4. The molecule has 0 spiro atoms. The van der Waals surface area contributed by atoms with E-state index in [4.69, 9.17) is 0 Å². The number of fused-ring (bicyclic) bond motifs is 1. The molecule has 0 radical (unpaired) electrons. The van der Waals surface area contributed by atoms with Crippen molar-refractivity contribution in [2.24, 2.45) is 7.05 Å². The average molecular weight is 331 g/mol. The van der Waals surface area contributed by atoms with E-state index in [2.05, 4.69) is 49.0 Å². The maximum atomic E-state index is 4.40. The van der Waals surface area contributed by atoms with Crippen molar-refractivity contribution in [3.8, 4) is 0 Å². The van der Waals surface area contributed by atoms with Crippen LogP contribution >= 0.6 is 15.9 Å². The van der Waals surface area contributed by atoms with Gasteiger partial charge in [0.1, 0.15) is 5.82 Å². The van der Waals surface area contributed by atoms with Gasteiger partial charge >= 0.3 is 0 Å². The van der Waals surface area contributed by atoms with Gasteiger partial charge in [0, 0.05) is 31.3 Å². The third-order valence-corrected chi connectivity index (χ3v) is 3.78. The molecule has 2 aromatic heterocycles. The van der Waals surface area contributed by atoms with Crippen LogP contribution in [-0.4, -0.2) is 21.6 Å². The Labute approximate surface area is 126 Å². The Morgan fingerprint density at radius 2 is 2.05 bits per heavy atom. The summed E-state index contributed by atoms with van der Waals surface area (Å²) in [5.41, 5.74) is 3.41. The fourth-order valence-corrected chi connectivity index (χ4v) is 2.46. The van der Waals surface area contributed by atoms with Gasteiger partial charge in [0.15, 0.2) is 0 Å². The summed E-state index contributed by atoms with van der Waals surface area (Å²) < 4.78 is 3.02. The predicted octanol–water partition coefficient (Wildman–Crippen LogP) is 3.37. The van der Waals surface area contributed by atoms with Crippen molar-refractivity contribution < 1.29 is 0 Å². The van der Waals surface area contributed by atoms with Crippen LogP contribution in [0, 0.1) is 0 Å². The second-order valence-electron chi connectivity index (χ2n) is 4.87. The van der Waals surface area contributed by atoms with E-state index < -0.39 is 0 Å². The first-order valence-corrected chi connectivity index (χ1v) is 7.15. The highest BCUT2D eigenvalue weighted by atomic mass is 79.9. The van der Waals surface area contributed by atoms with Crippen molar-refractivity contribution in [2.75, 3.05) is 11.9 Å². The Hall–Kier alpha value is -1.88. The molecule has 102 valence electrons. The molecule has 0 saturated carbocycles. The first kappa shape index (κ1) is 13.1. The molecule has 0 fully saturated rings. The molecule has 0 saturated heterocycles. The minimum absolute atomic E-state index is 0.807. The number of rotatable bonds is 3. The van der Waals surface area contributed by atoms with Gasteiger partial charge in [-0.2, -0.15) is 0 Å². The van der Waals surface area contributed by atoms with E-state index in [0.717, 1.165) is 27.9 Å². The third kappa shape index (κ3) is 2.54. The van der Waals surface area contributed by atoms with Crippen molar-refractivity contribution in [2.45, 2.75) is 6.54 Å². The van der Waals surface area contributed by atoms with Crippen LogP contribution in [0.5, 0.6) is 0 Å². The molecule has 0 atom stereocenters. The summed E-state index contributed by atoms with van der Waals surface area (Å²) in [4.78, 5) is 10.9. The lowest BCUT2D eigenvalue weighted by Gasteiger charge is -2.18. The zero-order valence-electron chi connectivity index (χ0n) is 11.4. The lowest BCUT2D eigenvalue weighted by molar-refractivity contribution is 0.898. The molecule has 0 bridgehead atoms. The van der Waals surface area contributed by atoms with Gasteiger partial charge in [-0.3, -0.25) is 0 Å². The van der Waals surface area contributed by atoms with E-state index in [9.17, 15) is 0 Å². The number of imidazole rings is 1. The number of anilines is 1.